The zero-order valence-corrected chi connectivity index (χ0v) is 10.2. The second kappa shape index (κ2) is 5.79. The summed E-state index contributed by atoms with van der Waals surface area (Å²) in [6.07, 6.45) is -3.52. The molecular weight excluding hydrogens is 241 g/mol. The summed E-state index contributed by atoms with van der Waals surface area (Å²) in [4.78, 5) is 11.2. The molecule has 0 aromatic heterocycles. The van der Waals surface area contributed by atoms with E-state index in [1.54, 1.807) is 13.8 Å². The van der Waals surface area contributed by atoms with Crippen LogP contribution in [-0.4, -0.2) is 28.9 Å². The highest BCUT2D eigenvalue weighted by molar-refractivity contribution is 5.75. The molecule has 1 aromatic carbocycles. The number of nitrogen functional groups attached to an aromatic ring is 1. The van der Waals surface area contributed by atoms with E-state index in [1.165, 1.54) is 6.07 Å². The van der Waals surface area contributed by atoms with Gasteiger partial charge in [-0.05, 0) is 31.5 Å². The van der Waals surface area contributed by atoms with Crippen LogP contribution in [0.3, 0.4) is 0 Å². The van der Waals surface area contributed by atoms with Gasteiger partial charge < -0.3 is 20.7 Å². The monoisotopic (exact) mass is 257 g/mol. The third-order valence-electron chi connectivity index (χ3n) is 2.53. The van der Waals surface area contributed by atoms with Gasteiger partial charge in [0.05, 0.1) is 6.61 Å². The number of nitrogens with two attached hydrogens (primary N) is 1. The number of hydrogen-bond donors (Lipinski definition) is 3. The number of rotatable bonds is 4. The molecule has 1 aromatic rings. The average molecular weight is 257 g/mol. The van der Waals surface area contributed by atoms with E-state index in [0.29, 0.717) is 5.56 Å². The van der Waals surface area contributed by atoms with Crippen molar-refractivity contribution in [1.29, 1.82) is 0 Å². The van der Waals surface area contributed by atoms with E-state index in [0.717, 1.165) is 6.07 Å². The molecule has 4 N–H and O–H groups in total. The predicted molar refractivity (Wildman–Crippen MR) is 63.1 cm³/mol. The standard InChI is InChI=1S/C12H16FNO4/c1-3-18-12(17)11(16)10(15)7-4-6(2)9(14)5-8(7)13/h4-5,10-11,15-16H,3,14H2,1-2H3. The molecule has 6 heteroatoms. The highest BCUT2D eigenvalue weighted by atomic mass is 19.1. The Morgan fingerprint density at radius 1 is 1.50 bits per heavy atom. The lowest BCUT2D eigenvalue weighted by Crippen LogP contribution is -2.30. The van der Waals surface area contributed by atoms with Gasteiger partial charge in [-0.15, -0.1) is 0 Å². The molecule has 0 spiro atoms. The van der Waals surface area contributed by atoms with E-state index < -0.39 is 24.0 Å². The van der Waals surface area contributed by atoms with Crippen molar-refractivity contribution in [3.8, 4) is 0 Å². The van der Waals surface area contributed by atoms with Crippen LogP contribution < -0.4 is 5.73 Å². The molecular formula is C12H16FNO4. The van der Waals surface area contributed by atoms with Crippen LogP contribution in [0.2, 0.25) is 0 Å². The minimum Gasteiger partial charge on any atom is -0.464 e. The Balaban J connectivity index is 3.00. The van der Waals surface area contributed by atoms with Gasteiger partial charge in [-0.2, -0.15) is 0 Å². The molecule has 0 aliphatic heterocycles. The number of anilines is 1. The molecule has 1 rings (SSSR count). The van der Waals surface area contributed by atoms with E-state index in [-0.39, 0.29) is 17.9 Å². The number of aryl methyl sites for hydroxylation is 1. The van der Waals surface area contributed by atoms with Crippen LogP contribution in [0.1, 0.15) is 24.2 Å². The third-order valence-corrected chi connectivity index (χ3v) is 2.53. The van der Waals surface area contributed by atoms with Gasteiger partial charge >= 0.3 is 5.97 Å². The Morgan fingerprint density at radius 3 is 2.67 bits per heavy atom. The predicted octanol–water partition coefficient (Wildman–Crippen LogP) is 0.674. The van der Waals surface area contributed by atoms with Crippen molar-refractivity contribution in [2.75, 3.05) is 12.3 Å². The number of aliphatic hydroxyl groups excluding tert-OH is 2. The molecule has 2 unspecified atom stereocenters. The number of carbonyl (C=O) groups is 1. The highest BCUT2D eigenvalue weighted by Crippen LogP contribution is 2.25. The first-order valence-electron chi connectivity index (χ1n) is 5.46. The van der Waals surface area contributed by atoms with Crippen molar-refractivity contribution >= 4 is 11.7 Å². The maximum absolute atomic E-state index is 13.6. The number of benzene rings is 1. The fourth-order valence-corrected chi connectivity index (χ4v) is 1.47. The number of aliphatic hydroxyl groups is 2. The fraction of sp³-hybridized carbons (Fsp3) is 0.417. The molecule has 0 fully saturated rings. The van der Waals surface area contributed by atoms with Crippen molar-refractivity contribution in [2.24, 2.45) is 0 Å². The smallest absolute Gasteiger partial charge is 0.338 e. The van der Waals surface area contributed by atoms with Gasteiger partial charge in [0.25, 0.3) is 0 Å². The Kier molecular flexibility index (Phi) is 4.63. The lowest BCUT2D eigenvalue weighted by Gasteiger charge is -2.18. The number of halogens is 1. The van der Waals surface area contributed by atoms with Crippen LogP contribution in [0.5, 0.6) is 0 Å². The molecule has 18 heavy (non-hydrogen) atoms. The first-order chi connectivity index (χ1) is 8.38. The topological polar surface area (TPSA) is 92.8 Å². The number of ether oxygens (including phenoxy) is 1. The molecule has 5 nitrogen and oxygen atoms in total. The van der Waals surface area contributed by atoms with Gasteiger partial charge in [-0.3, -0.25) is 0 Å². The summed E-state index contributed by atoms with van der Waals surface area (Å²) in [5.74, 6) is -1.78. The van der Waals surface area contributed by atoms with Gasteiger partial charge in [0, 0.05) is 11.3 Å². The largest absolute Gasteiger partial charge is 0.464 e. The molecule has 0 aliphatic rings. The zero-order chi connectivity index (χ0) is 13.9. The summed E-state index contributed by atoms with van der Waals surface area (Å²) in [6.45, 7) is 3.25. The SMILES string of the molecule is CCOC(=O)C(O)C(O)c1cc(C)c(N)cc1F. The van der Waals surface area contributed by atoms with Crippen molar-refractivity contribution in [2.45, 2.75) is 26.1 Å². The van der Waals surface area contributed by atoms with E-state index in [1.807, 2.05) is 0 Å². The van der Waals surface area contributed by atoms with Gasteiger partial charge in [0.2, 0.25) is 0 Å². The third kappa shape index (κ3) is 2.96. The van der Waals surface area contributed by atoms with Crippen LogP contribution in [-0.2, 0) is 9.53 Å². The summed E-state index contributed by atoms with van der Waals surface area (Å²) in [7, 11) is 0. The molecule has 0 radical (unpaired) electrons. The quantitative estimate of drug-likeness (QED) is 0.544. The maximum Gasteiger partial charge on any atom is 0.338 e. The summed E-state index contributed by atoms with van der Waals surface area (Å²) in [6, 6.07) is 2.32. The summed E-state index contributed by atoms with van der Waals surface area (Å²) >= 11 is 0. The molecule has 0 saturated heterocycles. The normalized spacial score (nSPS) is 14.1. The molecule has 0 bridgehead atoms. The van der Waals surface area contributed by atoms with E-state index in [4.69, 9.17) is 5.73 Å². The molecule has 0 saturated carbocycles. The van der Waals surface area contributed by atoms with Gasteiger partial charge in [0.15, 0.2) is 6.10 Å². The Hall–Kier alpha value is -1.66. The second-order valence-corrected chi connectivity index (χ2v) is 3.87. The molecule has 0 aliphatic carbocycles. The van der Waals surface area contributed by atoms with E-state index in [2.05, 4.69) is 4.74 Å². The number of esters is 1. The Labute approximate surface area is 104 Å². The number of carbonyl (C=O) groups excluding carboxylic acids is 1. The Morgan fingerprint density at radius 2 is 2.11 bits per heavy atom. The van der Waals surface area contributed by atoms with Crippen LogP contribution in [0, 0.1) is 12.7 Å². The fourth-order valence-electron chi connectivity index (χ4n) is 1.47. The summed E-state index contributed by atoms with van der Waals surface area (Å²) < 4.78 is 18.1. The van der Waals surface area contributed by atoms with Gasteiger partial charge in [0.1, 0.15) is 11.9 Å². The lowest BCUT2D eigenvalue weighted by molar-refractivity contribution is -0.159. The Bertz CT molecular complexity index is 450. The molecule has 2 atom stereocenters. The minimum atomic E-state index is -1.83. The second-order valence-electron chi connectivity index (χ2n) is 3.87. The zero-order valence-electron chi connectivity index (χ0n) is 10.2. The van der Waals surface area contributed by atoms with Gasteiger partial charge in [-0.25, -0.2) is 9.18 Å². The van der Waals surface area contributed by atoms with E-state index in [9.17, 15) is 19.4 Å². The van der Waals surface area contributed by atoms with Crippen LogP contribution >= 0.6 is 0 Å². The summed E-state index contributed by atoms with van der Waals surface area (Å²) in [5.41, 5.74) is 6.08. The highest BCUT2D eigenvalue weighted by Gasteiger charge is 2.29. The molecule has 100 valence electrons. The van der Waals surface area contributed by atoms with Crippen LogP contribution in [0.25, 0.3) is 0 Å². The molecule has 0 amide bonds. The minimum absolute atomic E-state index is 0.0614. The molecule has 0 heterocycles. The van der Waals surface area contributed by atoms with Crippen molar-refractivity contribution in [3.05, 3.63) is 29.1 Å². The van der Waals surface area contributed by atoms with Crippen molar-refractivity contribution in [1.82, 2.24) is 0 Å². The first kappa shape index (κ1) is 14.4. The number of hydrogen-bond acceptors (Lipinski definition) is 5. The van der Waals surface area contributed by atoms with Crippen molar-refractivity contribution < 1.29 is 24.1 Å². The van der Waals surface area contributed by atoms with Crippen molar-refractivity contribution in [3.63, 3.8) is 0 Å². The van der Waals surface area contributed by atoms with Gasteiger partial charge in [-0.1, -0.05) is 0 Å². The maximum atomic E-state index is 13.6. The summed E-state index contributed by atoms with van der Waals surface area (Å²) in [5, 5.41) is 19.3. The van der Waals surface area contributed by atoms with Crippen LogP contribution in [0.4, 0.5) is 10.1 Å². The van der Waals surface area contributed by atoms with E-state index >= 15 is 0 Å². The first-order valence-corrected chi connectivity index (χ1v) is 5.46. The average Bonchev–Trinajstić information content (AvgIpc) is 2.32. The lowest BCUT2D eigenvalue weighted by atomic mass is 10.0. The van der Waals surface area contributed by atoms with Crippen LogP contribution in [0.15, 0.2) is 12.1 Å².